The van der Waals surface area contributed by atoms with Gasteiger partial charge in [-0.05, 0) is 38.0 Å². The largest absolute Gasteiger partial charge is 0.389 e. The van der Waals surface area contributed by atoms with Crippen molar-refractivity contribution in [2.45, 2.75) is 44.3 Å². The van der Waals surface area contributed by atoms with Crippen LogP contribution in [0.15, 0.2) is 18.2 Å². The van der Waals surface area contributed by atoms with Crippen molar-refractivity contribution in [3.05, 3.63) is 34.6 Å². The summed E-state index contributed by atoms with van der Waals surface area (Å²) in [7, 11) is 0. The second kappa shape index (κ2) is 4.80. The van der Waals surface area contributed by atoms with E-state index in [1.54, 1.807) is 12.1 Å². The molecule has 1 saturated heterocycles. The predicted octanol–water partition coefficient (Wildman–Crippen LogP) is 3.34. The fourth-order valence-corrected chi connectivity index (χ4v) is 2.83. The molecule has 0 spiro atoms. The van der Waals surface area contributed by atoms with Crippen LogP contribution in [0.3, 0.4) is 0 Å². The minimum Gasteiger partial charge on any atom is -0.389 e. The summed E-state index contributed by atoms with van der Waals surface area (Å²) in [6.45, 7) is 4.47. The molecule has 1 heterocycles. The zero-order valence-corrected chi connectivity index (χ0v) is 11.4. The number of benzene rings is 1. The van der Waals surface area contributed by atoms with E-state index >= 15 is 0 Å². The summed E-state index contributed by atoms with van der Waals surface area (Å²) in [5.74, 6) is -0.431. The van der Waals surface area contributed by atoms with Crippen LogP contribution in [0.25, 0.3) is 0 Å². The highest BCUT2D eigenvalue weighted by Crippen LogP contribution is 2.34. The molecule has 0 amide bonds. The Kier molecular flexibility index (Phi) is 3.67. The molecule has 4 heteroatoms. The van der Waals surface area contributed by atoms with Gasteiger partial charge in [0.1, 0.15) is 5.82 Å². The van der Waals surface area contributed by atoms with Crippen LogP contribution < -0.4 is 0 Å². The molecular formula is C14H18ClFO2. The van der Waals surface area contributed by atoms with Gasteiger partial charge in [-0.2, -0.15) is 0 Å². The van der Waals surface area contributed by atoms with Gasteiger partial charge in [0.25, 0.3) is 0 Å². The Balaban J connectivity index is 2.14. The number of halogens is 2. The van der Waals surface area contributed by atoms with E-state index in [0.717, 1.165) is 5.56 Å². The van der Waals surface area contributed by atoms with Crippen molar-refractivity contribution in [1.82, 2.24) is 0 Å². The summed E-state index contributed by atoms with van der Waals surface area (Å²) < 4.78 is 18.7. The Bertz CT molecular complexity index is 447. The maximum Gasteiger partial charge on any atom is 0.141 e. The maximum atomic E-state index is 13.1. The van der Waals surface area contributed by atoms with Gasteiger partial charge in [0, 0.05) is 12.8 Å². The third-order valence-corrected chi connectivity index (χ3v) is 3.62. The molecule has 2 nitrogen and oxygen atoms in total. The Morgan fingerprint density at radius 3 is 2.78 bits per heavy atom. The first-order chi connectivity index (χ1) is 8.30. The van der Waals surface area contributed by atoms with Gasteiger partial charge in [0.2, 0.25) is 0 Å². The monoisotopic (exact) mass is 272 g/mol. The lowest BCUT2D eigenvalue weighted by Crippen LogP contribution is -2.47. The summed E-state index contributed by atoms with van der Waals surface area (Å²) >= 11 is 5.75. The average molecular weight is 273 g/mol. The average Bonchev–Trinajstić information content (AvgIpc) is 2.21. The van der Waals surface area contributed by atoms with Gasteiger partial charge in [-0.1, -0.05) is 17.7 Å². The van der Waals surface area contributed by atoms with E-state index in [-0.39, 0.29) is 10.6 Å². The fourth-order valence-electron chi connectivity index (χ4n) is 2.63. The van der Waals surface area contributed by atoms with Crippen molar-refractivity contribution in [3.8, 4) is 0 Å². The number of ether oxygens (including phenoxy) is 1. The van der Waals surface area contributed by atoms with E-state index in [1.165, 1.54) is 6.07 Å². The molecule has 0 aliphatic carbocycles. The van der Waals surface area contributed by atoms with E-state index in [9.17, 15) is 9.50 Å². The summed E-state index contributed by atoms with van der Waals surface area (Å²) in [6, 6.07) is 4.59. The molecule has 18 heavy (non-hydrogen) atoms. The van der Waals surface area contributed by atoms with Crippen molar-refractivity contribution in [1.29, 1.82) is 0 Å². The molecule has 100 valence electrons. The van der Waals surface area contributed by atoms with Gasteiger partial charge in [-0.25, -0.2) is 4.39 Å². The van der Waals surface area contributed by atoms with Crippen LogP contribution in [-0.4, -0.2) is 22.9 Å². The summed E-state index contributed by atoms with van der Waals surface area (Å²) in [5.41, 5.74) is -0.277. The molecule has 0 aromatic heterocycles. The van der Waals surface area contributed by atoms with Crippen LogP contribution in [0.1, 0.15) is 32.3 Å². The lowest BCUT2D eigenvalue weighted by molar-refractivity contribution is -0.143. The van der Waals surface area contributed by atoms with Gasteiger partial charge in [-0.3, -0.25) is 0 Å². The quantitative estimate of drug-likeness (QED) is 0.895. The van der Waals surface area contributed by atoms with Crippen LogP contribution in [0, 0.1) is 5.82 Å². The SMILES string of the molecule is CC1(C)CC(O)(Cc2ccc(F)c(Cl)c2)CCO1. The molecule has 0 radical (unpaired) electrons. The van der Waals surface area contributed by atoms with E-state index in [4.69, 9.17) is 16.3 Å². The lowest BCUT2D eigenvalue weighted by atomic mass is 9.80. The van der Waals surface area contributed by atoms with E-state index in [2.05, 4.69) is 0 Å². The van der Waals surface area contributed by atoms with Gasteiger partial charge in [0.05, 0.1) is 22.8 Å². The fraction of sp³-hybridized carbons (Fsp3) is 0.571. The van der Waals surface area contributed by atoms with Crippen LogP contribution in [-0.2, 0) is 11.2 Å². The number of rotatable bonds is 2. The number of hydrogen-bond acceptors (Lipinski definition) is 2. The smallest absolute Gasteiger partial charge is 0.141 e. The van der Waals surface area contributed by atoms with E-state index < -0.39 is 11.4 Å². The Labute approximate surface area is 112 Å². The van der Waals surface area contributed by atoms with E-state index in [1.807, 2.05) is 13.8 Å². The molecule has 1 aliphatic heterocycles. The molecule has 0 bridgehead atoms. The Morgan fingerprint density at radius 1 is 1.44 bits per heavy atom. The zero-order chi connectivity index (χ0) is 13.4. The van der Waals surface area contributed by atoms with Crippen LogP contribution in [0.5, 0.6) is 0 Å². The van der Waals surface area contributed by atoms with Crippen LogP contribution in [0.2, 0.25) is 5.02 Å². The number of aliphatic hydroxyl groups is 1. The van der Waals surface area contributed by atoms with Gasteiger partial charge < -0.3 is 9.84 Å². The Morgan fingerprint density at radius 2 is 2.17 bits per heavy atom. The zero-order valence-electron chi connectivity index (χ0n) is 10.7. The third kappa shape index (κ3) is 3.22. The highest BCUT2D eigenvalue weighted by atomic mass is 35.5. The van der Waals surface area contributed by atoms with Gasteiger partial charge in [0.15, 0.2) is 0 Å². The molecule has 1 fully saturated rings. The maximum absolute atomic E-state index is 13.1. The highest BCUT2D eigenvalue weighted by molar-refractivity contribution is 6.30. The van der Waals surface area contributed by atoms with Gasteiger partial charge in [-0.15, -0.1) is 0 Å². The van der Waals surface area contributed by atoms with Crippen molar-refractivity contribution in [2.75, 3.05) is 6.61 Å². The van der Waals surface area contributed by atoms with Crippen molar-refractivity contribution in [2.24, 2.45) is 0 Å². The number of hydrogen-bond donors (Lipinski definition) is 1. The highest BCUT2D eigenvalue weighted by Gasteiger charge is 2.39. The van der Waals surface area contributed by atoms with Crippen molar-refractivity contribution < 1.29 is 14.2 Å². The molecule has 2 rings (SSSR count). The molecule has 1 atom stereocenters. The first kappa shape index (κ1) is 13.8. The molecule has 1 N–H and O–H groups in total. The van der Waals surface area contributed by atoms with E-state index in [0.29, 0.717) is 25.9 Å². The lowest BCUT2D eigenvalue weighted by Gasteiger charge is -2.41. The van der Waals surface area contributed by atoms with Crippen LogP contribution in [0.4, 0.5) is 4.39 Å². The predicted molar refractivity (Wildman–Crippen MR) is 69.3 cm³/mol. The van der Waals surface area contributed by atoms with Crippen molar-refractivity contribution in [3.63, 3.8) is 0 Å². The first-order valence-corrected chi connectivity index (χ1v) is 6.48. The minimum absolute atomic E-state index is 0.0995. The second-order valence-electron chi connectivity index (χ2n) is 5.68. The first-order valence-electron chi connectivity index (χ1n) is 6.10. The van der Waals surface area contributed by atoms with Crippen LogP contribution >= 0.6 is 11.6 Å². The minimum atomic E-state index is -0.803. The Hall–Kier alpha value is -0.640. The summed E-state index contributed by atoms with van der Waals surface area (Å²) in [6.07, 6.45) is 1.63. The summed E-state index contributed by atoms with van der Waals surface area (Å²) in [4.78, 5) is 0. The third-order valence-electron chi connectivity index (χ3n) is 3.33. The molecule has 1 aliphatic rings. The molecular weight excluding hydrogens is 255 g/mol. The normalized spacial score (nSPS) is 27.2. The molecule has 1 aromatic rings. The summed E-state index contributed by atoms with van der Waals surface area (Å²) in [5, 5.41) is 10.7. The molecule has 1 unspecified atom stereocenters. The molecule has 0 saturated carbocycles. The standard InChI is InChI=1S/C14H18ClFO2/c1-13(2)9-14(17,5-6-18-13)8-10-3-4-12(16)11(15)7-10/h3-4,7,17H,5-6,8-9H2,1-2H3. The molecule has 1 aromatic carbocycles. The van der Waals surface area contributed by atoms with Crippen molar-refractivity contribution >= 4 is 11.6 Å². The second-order valence-corrected chi connectivity index (χ2v) is 6.09. The van der Waals surface area contributed by atoms with Gasteiger partial charge >= 0.3 is 0 Å². The topological polar surface area (TPSA) is 29.5 Å².